The third-order valence-corrected chi connectivity index (χ3v) is 8.48. The number of benzene rings is 2. The largest absolute Gasteiger partial charge is 0.496 e. The Bertz CT molecular complexity index is 1910. The van der Waals surface area contributed by atoms with Crippen LogP contribution in [0.2, 0.25) is 0 Å². The van der Waals surface area contributed by atoms with Gasteiger partial charge in [-0.25, -0.2) is 4.98 Å². The molecule has 0 unspecified atom stereocenters. The van der Waals surface area contributed by atoms with Gasteiger partial charge in [-0.05, 0) is 61.7 Å². The predicted octanol–water partition coefficient (Wildman–Crippen LogP) is 4.13. The molecule has 1 aliphatic carbocycles. The quantitative estimate of drug-likeness (QED) is 0.134. The second-order valence-electron chi connectivity index (χ2n) is 11.4. The van der Waals surface area contributed by atoms with E-state index in [0.717, 1.165) is 52.0 Å². The van der Waals surface area contributed by atoms with Crippen LogP contribution in [-0.2, 0) is 21.4 Å². The molecule has 3 heterocycles. The molecule has 1 saturated carbocycles. The van der Waals surface area contributed by atoms with Gasteiger partial charge in [0.15, 0.2) is 11.5 Å². The highest BCUT2D eigenvalue weighted by atomic mass is 16.5. The molecule has 12 nitrogen and oxygen atoms in total. The van der Waals surface area contributed by atoms with Gasteiger partial charge in [0, 0.05) is 36.0 Å². The van der Waals surface area contributed by atoms with Gasteiger partial charge in [0.05, 0.1) is 44.8 Å². The number of carbonyl (C=O) groups excluding carboxylic acids is 2. The predicted molar refractivity (Wildman–Crippen MR) is 184 cm³/mol. The number of nitrogens with zero attached hydrogens (tertiary/aromatic N) is 4. The SMILES string of the molecule is COc1cc(-c2[n+]#cn3c(/C=C/CCOCCC(=O)NC4CCCC4)cnc(N)c23)ccc1-c1cc2c(OC)cccc2n1C.NC=O. The summed E-state index contributed by atoms with van der Waals surface area (Å²) in [5, 5.41) is 4.12. The lowest BCUT2D eigenvalue weighted by Crippen LogP contribution is -2.33. The Labute approximate surface area is 279 Å². The molecule has 1 fully saturated rings. The van der Waals surface area contributed by atoms with Crippen molar-refractivity contribution in [2.75, 3.05) is 33.2 Å². The maximum atomic E-state index is 12.1. The second-order valence-corrected chi connectivity index (χ2v) is 11.4. The Morgan fingerprint density at radius 3 is 2.65 bits per heavy atom. The molecule has 1 aliphatic rings. The number of hydrogen-bond acceptors (Lipinski definition) is 7. The molecule has 5 aromatic rings. The Morgan fingerprint density at radius 1 is 1.12 bits per heavy atom. The molecule has 6 rings (SSSR count). The number of nitrogens with two attached hydrogens (primary N) is 2. The van der Waals surface area contributed by atoms with Crippen molar-refractivity contribution in [2.45, 2.75) is 44.6 Å². The summed E-state index contributed by atoms with van der Waals surface area (Å²) in [6.07, 6.45) is 14.7. The number of primary amides is 1. The standard InChI is InChI=1S/C35H38N6O4.CH3NO/c1-40-28-12-8-13-30(43-2)27(28)20-29(40)26-15-14-23(19-31(26)44-3)33-34-35(36)37-21-25(41(34)22-38-33)11-6-7-17-45-18-16-32(42)39-24-9-4-5-10-24;2-1-3/h6,8,11-15,19-21,24H,4-5,7,9-10,16-18H2,1-3H3,(H2-,36,37,39,42);1H,(H2,2,3)/p+1/b11-6+;. The van der Waals surface area contributed by atoms with E-state index in [2.05, 4.69) is 44.0 Å². The first-order valence-corrected chi connectivity index (χ1v) is 15.9. The fraction of sp³-hybridized carbons (Fsp3) is 0.333. The molecule has 12 heteroatoms. The molecule has 0 atom stereocenters. The number of amides is 2. The summed E-state index contributed by atoms with van der Waals surface area (Å²) < 4.78 is 21.1. The first kappa shape index (κ1) is 33.8. The number of fused-ring (bicyclic) bond motifs is 2. The normalized spacial score (nSPS) is 13.0. The topological polar surface area (TPSA) is 162 Å². The number of carbonyl (C=O) groups is 2. The minimum Gasteiger partial charge on any atom is -0.496 e. The summed E-state index contributed by atoms with van der Waals surface area (Å²) in [4.78, 5) is 29.7. The molecule has 0 spiro atoms. The number of nitrogen functional groups attached to an aromatic ring is 1. The van der Waals surface area contributed by atoms with Crippen LogP contribution < -0.4 is 31.2 Å². The van der Waals surface area contributed by atoms with Crippen molar-refractivity contribution in [1.29, 1.82) is 0 Å². The second kappa shape index (κ2) is 15.8. The summed E-state index contributed by atoms with van der Waals surface area (Å²) in [6, 6.07) is 14.5. The van der Waals surface area contributed by atoms with E-state index in [-0.39, 0.29) is 12.3 Å². The van der Waals surface area contributed by atoms with Crippen LogP contribution in [0.5, 0.6) is 11.5 Å². The van der Waals surface area contributed by atoms with Crippen molar-refractivity contribution >= 4 is 40.6 Å². The molecule has 2 amide bonds. The zero-order chi connectivity index (χ0) is 34.0. The van der Waals surface area contributed by atoms with E-state index in [0.29, 0.717) is 54.9 Å². The van der Waals surface area contributed by atoms with Crippen LogP contribution in [0.4, 0.5) is 5.82 Å². The molecule has 0 radical (unpaired) electrons. The van der Waals surface area contributed by atoms with Crippen LogP contribution >= 0.6 is 0 Å². The highest BCUT2D eigenvalue weighted by molar-refractivity contribution is 5.93. The molecular formula is C36H42N7O5+. The number of hydrogen-bond donors (Lipinski definition) is 3. The number of anilines is 1. The molecule has 3 aromatic heterocycles. The highest BCUT2D eigenvalue weighted by Crippen LogP contribution is 2.39. The molecule has 2 aromatic carbocycles. The minimum atomic E-state index is 0.0701. The molecule has 0 aliphatic heterocycles. The first-order chi connectivity index (χ1) is 23.4. The maximum Gasteiger partial charge on any atom is 0.389 e. The van der Waals surface area contributed by atoms with Crippen molar-refractivity contribution in [1.82, 2.24) is 19.3 Å². The van der Waals surface area contributed by atoms with E-state index in [1.807, 2.05) is 53.9 Å². The molecule has 5 N–H and O–H groups in total. The van der Waals surface area contributed by atoms with Crippen LogP contribution in [0.1, 0.15) is 44.2 Å². The number of ether oxygens (including phenoxy) is 3. The molecule has 250 valence electrons. The van der Waals surface area contributed by atoms with Crippen molar-refractivity contribution in [2.24, 2.45) is 12.8 Å². The van der Waals surface area contributed by atoms with Gasteiger partial charge in [0.1, 0.15) is 11.5 Å². The van der Waals surface area contributed by atoms with E-state index in [1.54, 1.807) is 20.4 Å². The van der Waals surface area contributed by atoms with Gasteiger partial charge in [-0.1, -0.05) is 25.0 Å². The van der Waals surface area contributed by atoms with E-state index >= 15 is 0 Å². The van der Waals surface area contributed by atoms with Gasteiger partial charge in [-0.3, -0.25) is 9.59 Å². The van der Waals surface area contributed by atoms with Gasteiger partial charge in [-0.2, -0.15) is 0 Å². The number of methoxy groups -OCH3 is 2. The number of aromatic nitrogens is 4. The summed E-state index contributed by atoms with van der Waals surface area (Å²) >= 11 is 0. The summed E-state index contributed by atoms with van der Waals surface area (Å²) in [5.74, 6) is 1.96. The van der Waals surface area contributed by atoms with E-state index in [9.17, 15) is 4.79 Å². The van der Waals surface area contributed by atoms with Gasteiger partial charge < -0.3 is 35.6 Å². The minimum absolute atomic E-state index is 0.0701. The molecule has 0 saturated heterocycles. The fourth-order valence-electron chi connectivity index (χ4n) is 6.12. The van der Waals surface area contributed by atoms with Gasteiger partial charge >= 0.3 is 6.33 Å². The van der Waals surface area contributed by atoms with Gasteiger partial charge in [-0.15, -0.1) is 9.38 Å². The van der Waals surface area contributed by atoms with E-state index in [1.165, 1.54) is 12.8 Å². The highest BCUT2D eigenvalue weighted by Gasteiger charge is 2.24. The van der Waals surface area contributed by atoms with Crippen LogP contribution in [-0.4, -0.2) is 59.7 Å². The zero-order valence-corrected chi connectivity index (χ0v) is 27.6. The summed E-state index contributed by atoms with van der Waals surface area (Å²) in [5.41, 5.74) is 16.5. The van der Waals surface area contributed by atoms with Gasteiger partial charge in [0.25, 0.3) is 5.69 Å². The molecular weight excluding hydrogens is 610 g/mol. The van der Waals surface area contributed by atoms with Gasteiger partial charge in [0.2, 0.25) is 17.8 Å². The summed E-state index contributed by atoms with van der Waals surface area (Å²) in [7, 11) is 5.38. The number of nitrogens with one attached hydrogen (secondary N) is 1. The Morgan fingerprint density at radius 2 is 1.90 bits per heavy atom. The van der Waals surface area contributed by atoms with Crippen LogP contribution in [0.3, 0.4) is 0 Å². The lowest BCUT2D eigenvalue weighted by Gasteiger charge is -2.11. The van der Waals surface area contributed by atoms with Crippen molar-refractivity contribution < 1.29 is 28.8 Å². The smallest absolute Gasteiger partial charge is 0.389 e. The third-order valence-electron chi connectivity index (χ3n) is 8.48. The zero-order valence-electron chi connectivity index (χ0n) is 27.6. The fourth-order valence-corrected chi connectivity index (χ4v) is 6.12. The van der Waals surface area contributed by atoms with Crippen molar-refractivity contribution in [3.8, 4) is 34.0 Å². The Hall–Kier alpha value is -5.54. The maximum absolute atomic E-state index is 12.1. The van der Waals surface area contributed by atoms with E-state index < -0.39 is 0 Å². The monoisotopic (exact) mass is 652 g/mol. The number of aryl methyl sites for hydroxylation is 1. The third kappa shape index (κ3) is 7.37. The Balaban J connectivity index is 0.00000145. The first-order valence-electron chi connectivity index (χ1n) is 15.9. The average Bonchev–Trinajstić information content (AvgIpc) is 3.85. The van der Waals surface area contributed by atoms with Crippen molar-refractivity contribution in [3.05, 3.63) is 66.8 Å². The summed E-state index contributed by atoms with van der Waals surface area (Å²) in [6.45, 7) is 0.933. The van der Waals surface area contributed by atoms with Crippen LogP contribution in [0, 0.1) is 6.33 Å². The van der Waals surface area contributed by atoms with Crippen molar-refractivity contribution in [3.63, 3.8) is 0 Å². The lowest BCUT2D eigenvalue weighted by atomic mass is 10.0. The molecule has 48 heavy (non-hydrogen) atoms. The van der Waals surface area contributed by atoms with Crippen LogP contribution in [0.15, 0.2) is 54.7 Å². The average molecular weight is 653 g/mol. The Kier molecular flexibility index (Phi) is 11.2. The lowest BCUT2D eigenvalue weighted by molar-refractivity contribution is -0.277. The van der Waals surface area contributed by atoms with Crippen LogP contribution in [0.25, 0.3) is 45.0 Å². The molecule has 0 bridgehead atoms. The van der Waals surface area contributed by atoms with E-state index in [4.69, 9.17) is 24.7 Å². The number of rotatable bonds is 12.